The van der Waals surface area contributed by atoms with E-state index in [4.69, 9.17) is 0 Å². The van der Waals surface area contributed by atoms with Gasteiger partial charge in [0.2, 0.25) is 0 Å². The molecule has 68 valence electrons. The largest absolute Gasteiger partial charge is 0.352 e. The summed E-state index contributed by atoms with van der Waals surface area (Å²) in [6.07, 6.45) is 3.99. The number of aromatic nitrogens is 2. The van der Waals surface area contributed by atoms with Crippen molar-refractivity contribution in [3.63, 3.8) is 0 Å². The summed E-state index contributed by atoms with van der Waals surface area (Å²) in [5.41, 5.74) is 2.45. The van der Waals surface area contributed by atoms with Crippen LogP contribution in [0.15, 0.2) is 24.5 Å². The summed E-state index contributed by atoms with van der Waals surface area (Å²) < 4.78 is 2.17. The van der Waals surface area contributed by atoms with Gasteiger partial charge in [-0.15, -0.1) is 0 Å². The highest BCUT2D eigenvalue weighted by Crippen LogP contribution is 2.24. The standard InChI is InChI=1S/C11H14N2/c1-8(2)11-10-9(7-13(11)3)5-4-6-12-10/h4-8H,1-3H3. The molecule has 0 saturated heterocycles. The summed E-state index contributed by atoms with van der Waals surface area (Å²) >= 11 is 0. The first-order valence-electron chi connectivity index (χ1n) is 4.60. The molecule has 0 aliphatic rings. The predicted octanol–water partition coefficient (Wildman–Crippen LogP) is 2.70. The van der Waals surface area contributed by atoms with Crippen molar-refractivity contribution in [1.82, 2.24) is 9.55 Å². The van der Waals surface area contributed by atoms with Crippen LogP contribution in [0.4, 0.5) is 0 Å². The van der Waals surface area contributed by atoms with Crippen LogP contribution in [-0.2, 0) is 7.05 Å². The number of pyridine rings is 1. The molecule has 0 aliphatic heterocycles. The first-order valence-corrected chi connectivity index (χ1v) is 4.60. The Labute approximate surface area is 78.2 Å². The molecular formula is C11H14N2. The fourth-order valence-corrected chi connectivity index (χ4v) is 1.86. The second-order valence-corrected chi connectivity index (χ2v) is 3.72. The van der Waals surface area contributed by atoms with Gasteiger partial charge in [-0.1, -0.05) is 13.8 Å². The third-order valence-corrected chi connectivity index (χ3v) is 2.34. The molecule has 0 bridgehead atoms. The molecule has 2 rings (SSSR count). The van der Waals surface area contributed by atoms with Crippen LogP contribution >= 0.6 is 0 Å². The maximum Gasteiger partial charge on any atom is 0.0913 e. The van der Waals surface area contributed by atoms with E-state index in [0.29, 0.717) is 5.92 Å². The van der Waals surface area contributed by atoms with Crippen LogP contribution in [0, 0.1) is 0 Å². The maximum absolute atomic E-state index is 4.40. The van der Waals surface area contributed by atoms with E-state index in [-0.39, 0.29) is 0 Å². The lowest BCUT2D eigenvalue weighted by atomic mass is 10.1. The highest BCUT2D eigenvalue weighted by Gasteiger charge is 2.10. The topological polar surface area (TPSA) is 17.8 Å². The molecule has 0 N–H and O–H groups in total. The smallest absolute Gasteiger partial charge is 0.0913 e. The zero-order valence-corrected chi connectivity index (χ0v) is 8.28. The Hall–Kier alpha value is -1.31. The van der Waals surface area contributed by atoms with Crippen LogP contribution in [0.2, 0.25) is 0 Å². The van der Waals surface area contributed by atoms with E-state index in [2.05, 4.69) is 42.7 Å². The molecule has 0 aliphatic carbocycles. The monoisotopic (exact) mass is 174 g/mol. The van der Waals surface area contributed by atoms with Crippen LogP contribution in [0.5, 0.6) is 0 Å². The fraction of sp³-hybridized carbons (Fsp3) is 0.364. The van der Waals surface area contributed by atoms with Crippen molar-refractivity contribution in [2.24, 2.45) is 7.05 Å². The predicted molar refractivity (Wildman–Crippen MR) is 54.8 cm³/mol. The summed E-state index contributed by atoms with van der Waals surface area (Å²) in [6.45, 7) is 4.40. The van der Waals surface area contributed by atoms with Gasteiger partial charge in [0.05, 0.1) is 5.52 Å². The minimum Gasteiger partial charge on any atom is -0.352 e. The van der Waals surface area contributed by atoms with Gasteiger partial charge in [-0.05, 0) is 18.1 Å². The Kier molecular flexibility index (Phi) is 1.83. The lowest BCUT2D eigenvalue weighted by Crippen LogP contribution is -1.97. The highest BCUT2D eigenvalue weighted by molar-refractivity contribution is 5.81. The van der Waals surface area contributed by atoms with Gasteiger partial charge in [-0.3, -0.25) is 4.98 Å². The zero-order chi connectivity index (χ0) is 9.42. The Morgan fingerprint density at radius 2 is 2.15 bits per heavy atom. The van der Waals surface area contributed by atoms with Crippen molar-refractivity contribution < 1.29 is 0 Å². The molecule has 0 fully saturated rings. The molecular weight excluding hydrogens is 160 g/mol. The minimum absolute atomic E-state index is 0.525. The summed E-state index contributed by atoms with van der Waals surface area (Å²) in [5, 5.41) is 1.23. The third kappa shape index (κ3) is 1.22. The summed E-state index contributed by atoms with van der Waals surface area (Å²) in [4.78, 5) is 4.40. The molecule has 0 saturated carbocycles. The van der Waals surface area contributed by atoms with Gasteiger partial charge in [-0.2, -0.15) is 0 Å². The molecule has 2 aromatic rings. The number of hydrogen-bond acceptors (Lipinski definition) is 1. The van der Waals surface area contributed by atoms with E-state index >= 15 is 0 Å². The van der Waals surface area contributed by atoms with E-state index < -0.39 is 0 Å². The fourth-order valence-electron chi connectivity index (χ4n) is 1.86. The van der Waals surface area contributed by atoms with E-state index in [1.165, 1.54) is 11.1 Å². The maximum atomic E-state index is 4.40. The molecule has 2 nitrogen and oxygen atoms in total. The molecule has 0 atom stereocenters. The number of fused-ring (bicyclic) bond motifs is 1. The number of rotatable bonds is 1. The van der Waals surface area contributed by atoms with Gasteiger partial charge in [0.15, 0.2) is 0 Å². The van der Waals surface area contributed by atoms with Crippen molar-refractivity contribution >= 4 is 10.9 Å². The number of nitrogens with zero attached hydrogens (tertiary/aromatic N) is 2. The Bertz CT molecular complexity index is 427. The zero-order valence-electron chi connectivity index (χ0n) is 8.28. The summed E-state index contributed by atoms with van der Waals surface area (Å²) in [5.74, 6) is 0.525. The Morgan fingerprint density at radius 1 is 1.38 bits per heavy atom. The number of hydrogen-bond donors (Lipinski definition) is 0. The van der Waals surface area contributed by atoms with E-state index in [1.54, 1.807) is 0 Å². The first-order chi connectivity index (χ1) is 6.20. The third-order valence-electron chi connectivity index (χ3n) is 2.34. The van der Waals surface area contributed by atoms with E-state index in [0.717, 1.165) is 5.52 Å². The second-order valence-electron chi connectivity index (χ2n) is 3.72. The van der Waals surface area contributed by atoms with Gasteiger partial charge in [0, 0.05) is 30.5 Å². The number of aryl methyl sites for hydroxylation is 1. The highest BCUT2D eigenvalue weighted by atomic mass is 15.0. The SMILES string of the molecule is CC(C)c1c2ncccc2cn1C. The van der Waals surface area contributed by atoms with Crippen LogP contribution in [-0.4, -0.2) is 9.55 Å². The normalized spacial score (nSPS) is 11.4. The van der Waals surface area contributed by atoms with E-state index in [9.17, 15) is 0 Å². The molecule has 0 amide bonds. The Balaban J connectivity index is 2.78. The van der Waals surface area contributed by atoms with Crippen molar-refractivity contribution in [2.45, 2.75) is 19.8 Å². The van der Waals surface area contributed by atoms with Gasteiger partial charge in [0.1, 0.15) is 0 Å². The van der Waals surface area contributed by atoms with Crippen LogP contribution in [0.1, 0.15) is 25.5 Å². The van der Waals surface area contributed by atoms with Crippen molar-refractivity contribution in [2.75, 3.05) is 0 Å². The summed E-state index contributed by atoms with van der Waals surface area (Å²) in [6, 6.07) is 4.08. The molecule has 0 spiro atoms. The molecule has 0 aromatic carbocycles. The molecule has 13 heavy (non-hydrogen) atoms. The first kappa shape index (κ1) is 8.30. The van der Waals surface area contributed by atoms with Gasteiger partial charge in [-0.25, -0.2) is 0 Å². The van der Waals surface area contributed by atoms with Crippen LogP contribution < -0.4 is 0 Å². The van der Waals surface area contributed by atoms with Crippen molar-refractivity contribution in [3.8, 4) is 0 Å². The Morgan fingerprint density at radius 3 is 2.85 bits per heavy atom. The van der Waals surface area contributed by atoms with E-state index in [1.807, 2.05) is 12.3 Å². The molecule has 0 radical (unpaired) electrons. The minimum atomic E-state index is 0.525. The van der Waals surface area contributed by atoms with Gasteiger partial charge < -0.3 is 4.57 Å². The lowest BCUT2D eigenvalue weighted by molar-refractivity contribution is 0.746. The van der Waals surface area contributed by atoms with Gasteiger partial charge >= 0.3 is 0 Å². The van der Waals surface area contributed by atoms with Crippen molar-refractivity contribution in [3.05, 3.63) is 30.2 Å². The second kappa shape index (κ2) is 2.87. The average molecular weight is 174 g/mol. The molecule has 0 unspecified atom stereocenters. The molecule has 2 aromatic heterocycles. The quantitative estimate of drug-likeness (QED) is 0.650. The molecule has 2 heterocycles. The molecule has 2 heteroatoms. The van der Waals surface area contributed by atoms with Crippen LogP contribution in [0.3, 0.4) is 0 Å². The van der Waals surface area contributed by atoms with Crippen molar-refractivity contribution in [1.29, 1.82) is 0 Å². The summed E-state index contributed by atoms with van der Waals surface area (Å²) in [7, 11) is 2.08. The lowest BCUT2D eigenvalue weighted by Gasteiger charge is -2.06. The average Bonchev–Trinajstić information content (AvgIpc) is 2.39. The van der Waals surface area contributed by atoms with Gasteiger partial charge in [0.25, 0.3) is 0 Å². The van der Waals surface area contributed by atoms with Crippen LogP contribution in [0.25, 0.3) is 10.9 Å².